The first-order valence-electron chi connectivity index (χ1n) is 8.17. The molecular formula is C21H21NO3. The third kappa shape index (κ3) is 5.18. The van der Waals surface area contributed by atoms with E-state index in [9.17, 15) is 0 Å². The number of ether oxygens (including phenoxy) is 3. The van der Waals surface area contributed by atoms with Crippen LogP contribution in [0.25, 0.3) is 0 Å². The molecule has 0 saturated heterocycles. The Hall–Kier alpha value is -3.14. The van der Waals surface area contributed by atoms with E-state index < -0.39 is 0 Å². The van der Waals surface area contributed by atoms with Crippen LogP contribution in [0.2, 0.25) is 0 Å². The van der Waals surface area contributed by atoms with Gasteiger partial charge in [-0.1, -0.05) is 18.2 Å². The number of methoxy groups -OCH3 is 1. The van der Waals surface area contributed by atoms with Crippen molar-refractivity contribution in [2.24, 2.45) is 0 Å². The Labute approximate surface area is 148 Å². The quantitative estimate of drug-likeness (QED) is 0.589. The third-order valence-electron chi connectivity index (χ3n) is 3.59. The highest BCUT2D eigenvalue weighted by Crippen LogP contribution is 2.22. The number of benzene rings is 3. The average molecular weight is 335 g/mol. The summed E-state index contributed by atoms with van der Waals surface area (Å²) in [6, 6.07) is 25.2. The maximum absolute atomic E-state index is 5.77. The topological polar surface area (TPSA) is 39.7 Å². The molecule has 3 rings (SSSR count). The number of para-hydroxylation sites is 1. The van der Waals surface area contributed by atoms with Gasteiger partial charge in [-0.05, 0) is 60.7 Å². The van der Waals surface area contributed by atoms with E-state index in [0.29, 0.717) is 13.2 Å². The number of hydrogen-bond donors (Lipinski definition) is 1. The molecule has 0 atom stereocenters. The first-order chi connectivity index (χ1) is 12.3. The van der Waals surface area contributed by atoms with Crippen LogP contribution in [0.1, 0.15) is 0 Å². The fourth-order valence-corrected chi connectivity index (χ4v) is 2.30. The molecule has 4 nitrogen and oxygen atoms in total. The van der Waals surface area contributed by atoms with Crippen LogP contribution in [-0.2, 0) is 0 Å². The van der Waals surface area contributed by atoms with Gasteiger partial charge in [-0.25, -0.2) is 0 Å². The molecule has 0 amide bonds. The molecule has 0 aliphatic heterocycles. The van der Waals surface area contributed by atoms with Gasteiger partial charge in [-0.15, -0.1) is 0 Å². The second-order valence-corrected chi connectivity index (χ2v) is 5.39. The summed E-state index contributed by atoms with van der Waals surface area (Å²) in [6.45, 7) is 1.29. The zero-order valence-electron chi connectivity index (χ0n) is 14.1. The lowest BCUT2D eigenvalue weighted by molar-refractivity contribution is 0.332. The van der Waals surface area contributed by atoms with Crippen molar-refractivity contribution in [2.45, 2.75) is 0 Å². The fraction of sp³-hybridized carbons (Fsp3) is 0.143. The summed E-state index contributed by atoms with van der Waals surface area (Å²) >= 11 is 0. The number of rotatable bonds is 8. The van der Waals surface area contributed by atoms with E-state index in [1.165, 1.54) is 0 Å². The van der Waals surface area contributed by atoms with Crippen LogP contribution in [0, 0.1) is 0 Å². The normalized spacial score (nSPS) is 10.1. The Kier molecular flexibility index (Phi) is 5.77. The molecule has 4 heteroatoms. The van der Waals surface area contributed by atoms with Crippen LogP contribution in [-0.4, -0.2) is 20.3 Å². The van der Waals surface area contributed by atoms with Crippen LogP contribution in [0.15, 0.2) is 78.9 Å². The summed E-state index contributed by atoms with van der Waals surface area (Å²) in [7, 11) is 1.65. The Morgan fingerprint density at radius 3 is 1.96 bits per heavy atom. The summed E-state index contributed by atoms with van der Waals surface area (Å²) in [5.74, 6) is 3.29. The van der Waals surface area contributed by atoms with Crippen LogP contribution in [0.5, 0.6) is 23.0 Å². The Bertz CT molecular complexity index is 755. The van der Waals surface area contributed by atoms with Gasteiger partial charge in [0, 0.05) is 12.2 Å². The Morgan fingerprint density at radius 2 is 1.28 bits per heavy atom. The van der Waals surface area contributed by atoms with E-state index in [1.807, 2.05) is 78.9 Å². The van der Waals surface area contributed by atoms with E-state index in [0.717, 1.165) is 28.7 Å². The van der Waals surface area contributed by atoms with E-state index in [-0.39, 0.29) is 0 Å². The third-order valence-corrected chi connectivity index (χ3v) is 3.59. The zero-order valence-corrected chi connectivity index (χ0v) is 14.1. The molecular weight excluding hydrogens is 314 g/mol. The number of hydrogen-bond acceptors (Lipinski definition) is 4. The molecule has 0 heterocycles. The van der Waals surface area contributed by atoms with Crippen LogP contribution < -0.4 is 19.5 Å². The minimum atomic E-state index is 0.578. The second kappa shape index (κ2) is 8.64. The van der Waals surface area contributed by atoms with Crippen molar-refractivity contribution in [3.63, 3.8) is 0 Å². The maximum Gasteiger partial charge on any atom is 0.127 e. The van der Waals surface area contributed by atoms with Gasteiger partial charge in [0.25, 0.3) is 0 Å². The van der Waals surface area contributed by atoms with Gasteiger partial charge in [0.05, 0.1) is 7.11 Å². The van der Waals surface area contributed by atoms with Crippen LogP contribution >= 0.6 is 0 Å². The van der Waals surface area contributed by atoms with Crippen molar-refractivity contribution < 1.29 is 14.2 Å². The number of nitrogens with one attached hydrogen (secondary N) is 1. The highest BCUT2D eigenvalue weighted by molar-refractivity contribution is 5.47. The second-order valence-electron chi connectivity index (χ2n) is 5.39. The molecule has 1 N–H and O–H groups in total. The molecule has 3 aromatic carbocycles. The first-order valence-corrected chi connectivity index (χ1v) is 8.17. The van der Waals surface area contributed by atoms with Crippen molar-refractivity contribution in [3.8, 4) is 23.0 Å². The zero-order chi connectivity index (χ0) is 17.3. The minimum absolute atomic E-state index is 0.578. The summed E-state index contributed by atoms with van der Waals surface area (Å²) in [5.41, 5.74) is 1.03. The van der Waals surface area contributed by atoms with Crippen molar-refractivity contribution in [1.29, 1.82) is 0 Å². The van der Waals surface area contributed by atoms with Gasteiger partial charge >= 0.3 is 0 Å². The molecule has 0 saturated carbocycles. The molecule has 0 spiro atoms. The van der Waals surface area contributed by atoms with Gasteiger partial charge in [0.2, 0.25) is 0 Å². The van der Waals surface area contributed by atoms with Crippen molar-refractivity contribution in [1.82, 2.24) is 0 Å². The smallest absolute Gasteiger partial charge is 0.127 e. The number of anilines is 1. The van der Waals surface area contributed by atoms with Crippen molar-refractivity contribution in [2.75, 3.05) is 25.6 Å². The molecule has 0 aromatic heterocycles. The SMILES string of the molecule is COc1ccc(OCCNc2ccc(Oc3ccccc3)cc2)cc1. The van der Waals surface area contributed by atoms with E-state index in [2.05, 4.69) is 5.32 Å². The lowest BCUT2D eigenvalue weighted by Gasteiger charge is -2.10. The van der Waals surface area contributed by atoms with Crippen LogP contribution in [0.4, 0.5) is 5.69 Å². The van der Waals surface area contributed by atoms with Gasteiger partial charge in [0.1, 0.15) is 29.6 Å². The van der Waals surface area contributed by atoms with Gasteiger partial charge in [-0.3, -0.25) is 0 Å². The molecule has 3 aromatic rings. The molecule has 0 aliphatic rings. The van der Waals surface area contributed by atoms with E-state index in [4.69, 9.17) is 14.2 Å². The molecule has 0 radical (unpaired) electrons. The molecule has 25 heavy (non-hydrogen) atoms. The molecule has 0 unspecified atom stereocenters. The van der Waals surface area contributed by atoms with E-state index in [1.54, 1.807) is 7.11 Å². The standard InChI is InChI=1S/C21H21NO3/c1-23-18-11-13-19(14-12-18)24-16-15-22-17-7-9-21(10-8-17)25-20-5-3-2-4-6-20/h2-14,22H,15-16H2,1H3. The highest BCUT2D eigenvalue weighted by atomic mass is 16.5. The summed E-state index contributed by atoms with van der Waals surface area (Å²) in [5, 5.41) is 3.32. The molecule has 0 fully saturated rings. The predicted molar refractivity (Wildman–Crippen MR) is 99.9 cm³/mol. The summed E-state index contributed by atoms with van der Waals surface area (Å²) < 4.78 is 16.6. The molecule has 0 bridgehead atoms. The first kappa shape index (κ1) is 16.7. The molecule has 128 valence electrons. The van der Waals surface area contributed by atoms with Crippen molar-refractivity contribution >= 4 is 5.69 Å². The monoisotopic (exact) mass is 335 g/mol. The van der Waals surface area contributed by atoms with Gasteiger partial charge in [-0.2, -0.15) is 0 Å². The highest BCUT2D eigenvalue weighted by Gasteiger charge is 1.98. The predicted octanol–water partition coefficient (Wildman–Crippen LogP) is 4.98. The van der Waals surface area contributed by atoms with Gasteiger partial charge < -0.3 is 19.5 Å². The minimum Gasteiger partial charge on any atom is -0.497 e. The lowest BCUT2D eigenvalue weighted by Crippen LogP contribution is -2.11. The lowest BCUT2D eigenvalue weighted by atomic mass is 10.3. The van der Waals surface area contributed by atoms with Crippen LogP contribution in [0.3, 0.4) is 0 Å². The maximum atomic E-state index is 5.77. The Morgan fingerprint density at radius 1 is 0.680 bits per heavy atom. The van der Waals surface area contributed by atoms with Crippen molar-refractivity contribution in [3.05, 3.63) is 78.9 Å². The fourth-order valence-electron chi connectivity index (χ4n) is 2.30. The summed E-state index contributed by atoms with van der Waals surface area (Å²) in [6.07, 6.45) is 0. The van der Waals surface area contributed by atoms with E-state index >= 15 is 0 Å². The van der Waals surface area contributed by atoms with Gasteiger partial charge in [0.15, 0.2) is 0 Å². The Balaban J connectivity index is 1.42. The largest absolute Gasteiger partial charge is 0.497 e. The summed E-state index contributed by atoms with van der Waals surface area (Å²) in [4.78, 5) is 0. The average Bonchev–Trinajstić information content (AvgIpc) is 2.68. The molecule has 0 aliphatic carbocycles.